The molecule has 0 radical (unpaired) electrons. The number of nitrogens with two attached hydrogens (primary N) is 1. The summed E-state index contributed by atoms with van der Waals surface area (Å²) in [4.78, 5) is 41.2. The maximum Gasteiger partial charge on any atom is 0.352 e. The molecule has 0 spiro atoms. The standard InChI is InChI=1S/C14H13N5O5S2/c1-2-5-3-25-12-8(11(21)19(12)9(5)13(22)23)17-10(20)7(18-24)6-4-26-14(15)16-6/h2,4,8,12,24H,1,3H2,(H2,15,16)(H,17,20)(H,22,23)/b18-7+/t8-,12?/m0/s1. The fourth-order valence-corrected chi connectivity index (χ4v) is 4.51. The number of carbonyl (C=O) groups is 3. The zero-order chi connectivity index (χ0) is 19.0. The van der Waals surface area contributed by atoms with Crippen molar-refractivity contribution in [1.82, 2.24) is 15.2 Å². The molecule has 1 saturated heterocycles. The molecule has 0 bridgehead atoms. The lowest BCUT2D eigenvalue weighted by Crippen LogP contribution is -2.71. The number of allylic oxidation sites excluding steroid dienone is 1. The molecule has 0 aromatic carbocycles. The van der Waals surface area contributed by atoms with Crippen LogP contribution in [0, 0.1) is 0 Å². The third-order valence-electron chi connectivity index (χ3n) is 3.81. The van der Waals surface area contributed by atoms with E-state index in [2.05, 4.69) is 22.0 Å². The molecular formula is C14H13N5O5S2. The molecule has 26 heavy (non-hydrogen) atoms. The number of amides is 2. The Bertz CT molecular complexity index is 877. The number of carbonyl (C=O) groups excluding carboxylic acids is 2. The van der Waals surface area contributed by atoms with E-state index in [4.69, 9.17) is 10.9 Å². The molecule has 5 N–H and O–H groups in total. The Labute approximate surface area is 155 Å². The number of carboxylic acids is 1. The van der Waals surface area contributed by atoms with Gasteiger partial charge in [-0.05, 0) is 5.57 Å². The molecule has 2 aliphatic heterocycles. The Morgan fingerprint density at radius 2 is 2.27 bits per heavy atom. The Kier molecular flexibility index (Phi) is 4.70. The number of hydrogen-bond donors (Lipinski definition) is 4. The third kappa shape index (κ3) is 2.82. The SMILES string of the molecule is C=CC1=C(C(=O)O)N2C(=O)[C@H](NC(=O)/C(=N/O)c3csc(N)n3)C2SC1. The number of nitrogens with zero attached hydrogens (tertiary/aromatic N) is 3. The van der Waals surface area contributed by atoms with Gasteiger partial charge in [-0.2, -0.15) is 0 Å². The first kappa shape index (κ1) is 17.9. The molecular weight excluding hydrogens is 382 g/mol. The van der Waals surface area contributed by atoms with E-state index in [9.17, 15) is 19.5 Å². The Morgan fingerprint density at radius 3 is 2.81 bits per heavy atom. The lowest BCUT2D eigenvalue weighted by atomic mass is 10.0. The smallest absolute Gasteiger partial charge is 0.352 e. The van der Waals surface area contributed by atoms with Gasteiger partial charge in [0.1, 0.15) is 22.8 Å². The van der Waals surface area contributed by atoms with E-state index < -0.39 is 29.2 Å². The number of oxime groups is 1. The van der Waals surface area contributed by atoms with Crippen LogP contribution >= 0.6 is 23.1 Å². The third-order valence-corrected chi connectivity index (χ3v) is 5.79. The minimum atomic E-state index is -1.24. The van der Waals surface area contributed by atoms with Crippen molar-refractivity contribution in [2.45, 2.75) is 11.4 Å². The lowest BCUT2D eigenvalue weighted by molar-refractivity contribution is -0.150. The summed E-state index contributed by atoms with van der Waals surface area (Å²) in [6.45, 7) is 3.56. The van der Waals surface area contributed by atoms with Crippen LogP contribution in [0.3, 0.4) is 0 Å². The van der Waals surface area contributed by atoms with Crippen LogP contribution in [0.25, 0.3) is 0 Å². The van der Waals surface area contributed by atoms with Crippen LogP contribution in [0.1, 0.15) is 5.69 Å². The van der Waals surface area contributed by atoms with Gasteiger partial charge in [-0.3, -0.25) is 14.5 Å². The summed E-state index contributed by atoms with van der Waals surface area (Å²) in [5.41, 5.74) is 5.49. The molecule has 2 amide bonds. The number of nitrogen functional groups attached to an aromatic ring is 1. The van der Waals surface area contributed by atoms with Gasteiger partial charge in [-0.25, -0.2) is 9.78 Å². The quantitative estimate of drug-likeness (QED) is 0.231. The van der Waals surface area contributed by atoms with Gasteiger partial charge in [0.2, 0.25) is 0 Å². The van der Waals surface area contributed by atoms with E-state index in [0.29, 0.717) is 11.3 Å². The van der Waals surface area contributed by atoms with Gasteiger partial charge in [-0.15, -0.1) is 23.1 Å². The molecule has 3 rings (SSSR count). The number of thiazole rings is 1. The minimum absolute atomic E-state index is 0.0764. The number of fused-ring (bicyclic) bond motifs is 1. The second-order valence-corrected chi connectivity index (χ2v) is 7.26. The van der Waals surface area contributed by atoms with Crippen LogP contribution in [-0.2, 0) is 14.4 Å². The number of β-lactam (4-membered cyclic amide) rings is 1. The van der Waals surface area contributed by atoms with Crippen LogP contribution in [0.4, 0.5) is 5.13 Å². The Morgan fingerprint density at radius 1 is 1.54 bits per heavy atom. The molecule has 10 nitrogen and oxygen atoms in total. The number of anilines is 1. The summed E-state index contributed by atoms with van der Waals surface area (Å²) < 4.78 is 0. The van der Waals surface area contributed by atoms with E-state index >= 15 is 0 Å². The molecule has 136 valence electrons. The zero-order valence-electron chi connectivity index (χ0n) is 13.1. The molecule has 1 aromatic rings. The highest BCUT2D eigenvalue weighted by Gasteiger charge is 2.54. The average Bonchev–Trinajstić information content (AvgIpc) is 3.04. The molecule has 3 heterocycles. The zero-order valence-corrected chi connectivity index (χ0v) is 14.7. The average molecular weight is 395 g/mol. The van der Waals surface area contributed by atoms with E-state index in [1.165, 1.54) is 23.2 Å². The predicted octanol–water partition coefficient (Wildman–Crippen LogP) is -0.172. The molecule has 1 fully saturated rings. The molecule has 12 heteroatoms. The summed E-state index contributed by atoms with van der Waals surface area (Å²) in [5, 5.41) is 24.9. The fourth-order valence-electron chi connectivity index (χ4n) is 2.62. The van der Waals surface area contributed by atoms with Gasteiger partial charge in [0, 0.05) is 11.1 Å². The van der Waals surface area contributed by atoms with Crippen molar-refractivity contribution in [3.63, 3.8) is 0 Å². The van der Waals surface area contributed by atoms with Crippen molar-refractivity contribution >= 4 is 51.7 Å². The molecule has 0 aliphatic carbocycles. The van der Waals surface area contributed by atoms with Crippen LogP contribution in [0.15, 0.2) is 34.5 Å². The van der Waals surface area contributed by atoms with Gasteiger partial charge < -0.3 is 21.4 Å². The van der Waals surface area contributed by atoms with E-state index in [0.717, 1.165) is 16.2 Å². The van der Waals surface area contributed by atoms with E-state index in [1.54, 1.807) is 0 Å². The largest absolute Gasteiger partial charge is 0.477 e. The maximum absolute atomic E-state index is 12.4. The van der Waals surface area contributed by atoms with Crippen molar-refractivity contribution < 1.29 is 24.7 Å². The van der Waals surface area contributed by atoms with Crippen molar-refractivity contribution in [2.24, 2.45) is 5.16 Å². The number of carboxylic acid groups (broad SMARTS) is 1. The highest BCUT2D eigenvalue weighted by atomic mass is 32.2. The first-order valence-electron chi connectivity index (χ1n) is 7.16. The highest BCUT2D eigenvalue weighted by molar-refractivity contribution is 8.00. The fraction of sp³-hybridized carbons (Fsp3) is 0.214. The number of aliphatic carboxylic acids is 1. The minimum Gasteiger partial charge on any atom is -0.477 e. The number of aromatic nitrogens is 1. The van der Waals surface area contributed by atoms with Crippen LogP contribution in [0.5, 0.6) is 0 Å². The monoisotopic (exact) mass is 395 g/mol. The number of hydrogen-bond acceptors (Lipinski definition) is 9. The van der Waals surface area contributed by atoms with Gasteiger partial charge >= 0.3 is 5.97 Å². The van der Waals surface area contributed by atoms with Crippen LogP contribution in [0.2, 0.25) is 0 Å². The van der Waals surface area contributed by atoms with Gasteiger partial charge in [0.25, 0.3) is 11.8 Å². The summed E-state index contributed by atoms with van der Waals surface area (Å²) in [6.07, 6.45) is 1.40. The summed E-state index contributed by atoms with van der Waals surface area (Å²) in [6, 6.07) is -0.944. The van der Waals surface area contributed by atoms with E-state index in [-0.39, 0.29) is 22.2 Å². The van der Waals surface area contributed by atoms with Crippen molar-refractivity contribution in [3.8, 4) is 0 Å². The van der Waals surface area contributed by atoms with Gasteiger partial charge in [0.15, 0.2) is 10.8 Å². The van der Waals surface area contributed by atoms with Gasteiger partial charge in [0.05, 0.1) is 0 Å². The molecule has 1 unspecified atom stereocenters. The van der Waals surface area contributed by atoms with Crippen molar-refractivity contribution in [1.29, 1.82) is 0 Å². The maximum atomic E-state index is 12.4. The summed E-state index contributed by atoms with van der Waals surface area (Å²) in [5.74, 6) is -2.27. The van der Waals surface area contributed by atoms with E-state index in [1.807, 2.05) is 0 Å². The molecule has 0 saturated carbocycles. The highest BCUT2D eigenvalue weighted by Crippen LogP contribution is 2.40. The number of rotatable bonds is 5. The van der Waals surface area contributed by atoms with Crippen molar-refractivity contribution in [2.75, 3.05) is 11.5 Å². The Hall–Kier alpha value is -2.86. The Balaban J connectivity index is 1.78. The first-order valence-corrected chi connectivity index (χ1v) is 9.09. The topological polar surface area (TPSA) is 158 Å². The van der Waals surface area contributed by atoms with Crippen LogP contribution < -0.4 is 11.1 Å². The number of thioether (sulfide) groups is 1. The molecule has 1 aromatic heterocycles. The molecule has 2 atom stereocenters. The lowest BCUT2D eigenvalue weighted by Gasteiger charge is -2.49. The second kappa shape index (κ2) is 6.80. The second-order valence-electron chi connectivity index (χ2n) is 5.26. The van der Waals surface area contributed by atoms with Gasteiger partial charge in [-0.1, -0.05) is 17.8 Å². The first-order chi connectivity index (χ1) is 12.4. The van der Waals surface area contributed by atoms with Crippen molar-refractivity contribution in [3.05, 3.63) is 35.0 Å². The predicted molar refractivity (Wildman–Crippen MR) is 94.7 cm³/mol. The summed E-state index contributed by atoms with van der Waals surface area (Å²) >= 11 is 2.37. The number of nitrogens with one attached hydrogen (secondary N) is 1. The molecule has 2 aliphatic rings. The van der Waals surface area contributed by atoms with Crippen LogP contribution in [-0.4, -0.2) is 60.9 Å². The normalized spacial score (nSPS) is 22.5. The summed E-state index contributed by atoms with van der Waals surface area (Å²) in [7, 11) is 0.